The molecule has 0 spiro atoms. The number of hydrogen-bond acceptors (Lipinski definition) is 5. The molecule has 2 N–H and O–H groups in total. The van der Waals surface area contributed by atoms with Gasteiger partial charge in [0.2, 0.25) is 0 Å². The number of aliphatic hydroxyl groups excluding tert-OH is 1. The summed E-state index contributed by atoms with van der Waals surface area (Å²) in [7, 11) is 1.70. The van der Waals surface area contributed by atoms with E-state index in [1.807, 2.05) is 0 Å². The zero-order valence-electron chi connectivity index (χ0n) is 14.4. The van der Waals surface area contributed by atoms with Crippen LogP contribution in [0.15, 0.2) is 35.5 Å². The molecule has 9 heteroatoms. The van der Waals surface area contributed by atoms with E-state index in [0.29, 0.717) is 11.0 Å². The van der Waals surface area contributed by atoms with Gasteiger partial charge in [-0.2, -0.15) is 5.10 Å². The molecule has 3 rings (SSSR count). The number of nitrogens with one attached hydrogen (secondary N) is 1. The number of aliphatic hydroxyl groups is 1. The molecule has 0 aliphatic carbocycles. The summed E-state index contributed by atoms with van der Waals surface area (Å²) in [6, 6.07) is 3.19. The predicted octanol–water partition coefficient (Wildman–Crippen LogP) is 1.12. The molecule has 0 amide bonds. The maximum Gasteiger partial charge on any atom is 0.264 e. The average molecular weight is 363 g/mol. The van der Waals surface area contributed by atoms with Crippen molar-refractivity contribution in [2.75, 3.05) is 6.54 Å². The lowest BCUT2D eigenvalue weighted by molar-refractivity contribution is 0.160. The smallest absolute Gasteiger partial charge is 0.264 e. The van der Waals surface area contributed by atoms with Crippen molar-refractivity contribution in [3.8, 4) is 0 Å². The largest absolute Gasteiger partial charge is 0.387 e. The van der Waals surface area contributed by atoms with Crippen molar-refractivity contribution in [2.24, 2.45) is 7.05 Å². The highest BCUT2D eigenvalue weighted by atomic mass is 19.1. The summed E-state index contributed by atoms with van der Waals surface area (Å²) in [5.74, 6) is -1.59. The van der Waals surface area contributed by atoms with E-state index in [1.54, 1.807) is 14.0 Å². The predicted molar refractivity (Wildman–Crippen MR) is 91.6 cm³/mol. The fourth-order valence-electron chi connectivity index (χ4n) is 2.80. The van der Waals surface area contributed by atoms with Crippen LogP contribution in [-0.2, 0) is 13.6 Å². The van der Waals surface area contributed by atoms with Crippen molar-refractivity contribution >= 4 is 11.0 Å². The minimum Gasteiger partial charge on any atom is -0.387 e. The number of rotatable bonds is 6. The number of fused-ring (bicyclic) bond motifs is 1. The van der Waals surface area contributed by atoms with Crippen LogP contribution in [0, 0.1) is 11.6 Å². The Kier molecular flexibility index (Phi) is 5.10. The van der Waals surface area contributed by atoms with Crippen molar-refractivity contribution in [1.82, 2.24) is 24.6 Å². The van der Waals surface area contributed by atoms with E-state index in [1.165, 1.54) is 27.8 Å². The number of aromatic nitrogens is 4. The van der Waals surface area contributed by atoms with E-state index < -0.39 is 17.7 Å². The van der Waals surface area contributed by atoms with Crippen molar-refractivity contribution < 1.29 is 13.9 Å². The fraction of sp³-hybridized carbons (Fsp3) is 0.353. The lowest BCUT2D eigenvalue weighted by Crippen LogP contribution is -2.37. The Morgan fingerprint density at radius 3 is 2.69 bits per heavy atom. The lowest BCUT2D eigenvalue weighted by atomic mass is 10.1. The van der Waals surface area contributed by atoms with Crippen molar-refractivity contribution in [3.05, 3.63) is 58.3 Å². The minimum atomic E-state index is -1.34. The zero-order valence-corrected chi connectivity index (χ0v) is 14.4. The number of aryl methyl sites for hydroxylation is 1. The second-order valence-electron chi connectivity index (χ2n) is 6.17. The third-order valence-electron chi connectivity index (χ3n) is 4.18. The molecule has 2 unspecified atom stereocenters. The molecule has 0 saturated carbocycles. The Balaban J connectivity index is 1.67. The van der Waals surface area contributed by atoms with Gasteiger partial charge in [-0.3, -0.25) is 14.0 Å². The fourth-order valence-corrected chi connectivity index (χ4v) is 2.80. The van der Waals surface area contributed by atoms with Gasteiger partial charge in [0.1, 0.15) is 23.3 Å². The molecular formula is C17H19F2N5O2. The van der Waals surface area contributed by atoms with Gasteiger partial charge in [-0.1, -0.05) is 6.07 Å². The van der Waals surface area contributed by atoms with Gasteiger partial charge in [-0.15, -0.1) is 0 Å². The highest BCUT2D eigenvalue weighted by Crippen LogP contribution is 2.20. The molecule has 7 nitrogen and oxygen atoms in total. The first-order chi connectivity index (χ1) is 12.4. The van der Waals surface area contributed by atoms with Gasteiger partial charge in [0.15, 0.2) is 5.65 Å². The molecule has 1 aromatic carbocycles. The Bertz CT molecular complexity index is 965. The first kappa shape index (κ1) is 18.2. The van der Waals surface area contributed by atoms with Gasteiger partial charge in [0, 0.05) is 26.2 Å². The highest BCUT2D eigenvalue weighted by molar-refractivity contribution is 5.72. The first-order valence-electron chi connectivity index (χ1n) is 8.11. The van der Waals surface area contributed by atoms with Gasteiger partial charge in [-0.25, -0.2) is 13.8 Å². The van der Waals surface area contributed by atoms with Crippen LogP contribution in [-0.4, -0.2) is 37.0 Å². The van der Waals surface area contributed by atoms with E-state index in [2.05, 4.69) is 15.4 Å². The van der Waals surface area contributed by atoms with E-state index in [4.69, 9.17) is 0 Å². The third kappa shape index (κ3) is 3.49. The summed E-state index contributed by atoms with van der Waals surface area (Å²) >= 11 is 0. The molecule has 0 fully saturated rings. The van der Waals surface area contributed by atoms with Crippen molar-refractivity contribution in [3.63, 3.8) is 0 Å². The average Bonchev–Trinajstić information content (AvgIpc) is 2.97. The molecule has 0 saturated heterocycles. The molecule has 138 valence electrons. The topological polar surface area (TPSA) is 85.0 Å². The van der Waals surface area contributed by atoms with Crippen LogP contribution in [0.1, 0.15) is 18.6 Å². The number of halogens is 2. The summed E-state index contributed by atoms with van der Waals surface area (Å²) in [6.07, 6.45) is 1.55. The standard InChI is InChI=1S/C17H19F2N5O2/c1-10(20-7-14(25)15-12(18)4-3-5-13(15)19)8-24-9-21-16-11(17(24)26)6-22-23(16)2/h3-6,9-10,14,20,25H,7-8H2,1-2H3. The minimum absolute atomic E-state index is 0.0592. The van der Waals surface area contributed by atoms with Crippen LogP contribution in [0.5, 0.6) is 0 Å². The van der Waals surface area contributed by atoms with Gasteiger partial charge in [-0.05, 0) is 19.1 Å². The van der Waals surface area contributed by atoms with Crippen LogP contribution >= 0.6 is 0 Å². The van der Waals surface area contributed by atoms with Crippen molar-refractivity contribution in [1.29, 1.82) is 0 Å². The van der Waals surface area contributed by atoms with E-state index in [9.17, 15) is 18.7 Å². The highest BCUT2D eigenvalue weighted by Gasteiger charge is 2.18. The van der Waals surface area contributed by atoms with Crippen LogP contribution in [0.25, 0.3) is 11.0 Å². The van der Waals surface area contributed by atoms with Gasteiger partial charge in [0.25, 0.3) is 5.56 Å². The maximum atomic E-state index is 13.7. The van der Waals surface area contributed by atoms with Crippen molar-refractivity contribution in [2.45, 2.75) is 25.6 Å². The van der Waals surface area contributed by atoms with Crippen LogP contribution in [0.3, 0.4) is 0 Å². The second-order valence-corrected chi connectivity index (χ2v) is 6.17. The normalized spacial score (nSPS) is 13.9. The number of hydrogen-bond donors (Lipinski definition) is 2. The third-order valence-corrected chi connectivity index (χ3v) is 4.18. The Morgan fingerprint density at radius 1 is 1.31 bits per heavy atom. The zero-order chi connectivity index (χ0) is 18.8. The molecule has 0 bridgehead atoms. The van der Waals surface area contributed by atoms with E-state index in [0.717, 1.165) is 12.1 Å². The van der Waals surface area contributed by atoms with Gasteiger partial charge >= 0.3 is 0 Å². The van der Waals surface area contributed by atoms with Gasteiger partial charge < -0.3 is 10.4 Å². The molecule has 0 radical (unpaired) electrons. The van der Waals surface area contributed by atoms with E-state index in [-0.39, 0.29) is 30.3 Å². The maximum absolute atomic E-state index is 13.7. The summed E-state index contributed by atoms with van der Waals surface area (Å²) in [4.78, 5) is 16.6. The molecule has 0 aliphatic heterocycles. The van der Waals surface area contributed by atoms with E-state index >= 15 is 0 Å². The molecule has 2 atom stereocenters. The lowest BCUT2D eigenvalue weighted by Gasteiger charge is -2.19. The molecule has 3 aromatic rings. The molecule has 0 aliphatic rings. The van der Waals surface area contributed by atoms with Gasteiger partial charge in [0.05, 0.1) is 17.9 Å². The van der Waals surface area contributed by atoms with Crippen LogP contribution < -0.4 is 10.9 Å². The summed E-state index contributed by atoms with van der Waals surface area (Å²) in [6.45, 7) is 2.02. The van der Waals surface area contributed by atoms with Crippen LogP contribution in [0.4, 0.5) is 8.78 Å². The monoisotopic (exact) mass is 363 g/mol. The Hall–Kier alpha value is -2.65. The number of nitrogens with zero attached hydrogens (tertiary/aromatic N) is 4. The summed E-state index contributed by atoms with van der Waals surface area (Å²) < 4.78 is 30.3. The molecule has 2 heterocycles. The number of benzene rings is 1. The molecule has 2 aromatic heterocycles. The Labute approximate surface area is 147 Å². The quantitative estimate of drug-likeness (QED) is 0.686. The first-order valence-corrected chi connectivity index (χ1v) is 8.11. The SMILES string of the molecule is CC(Cn1cnc2c(cnn2C)c1=O)NCC(O)c1c(F)cccc1F. The van der Waals surface area contributed by atoms with Crippen LogP contribution in [0.2, 0.25) is 0 Å². The second kappa shape index (κ2) is 7.30. The summed E-state index contributed by atoms with van der Waals surface area (Å²) in [5, 5.41) is 17.5. The Morgan fingerprint density at radius 2 is 2.00 bits per heavy atom. The molecule has 26 heavy (non-hydrogen) atoms. The molecular weight excluding hydrogens is 344 g/mol. The summed E-state index contributed by atoms with van der Waals surface area (Å²) in [5.41, 5.74) is -0.0995.